The molecular weight excluding hydrogens is 327 g/mol. The van der Waals surface area contributed by atoms with Crippen LogP contribution in [-0.2, 0) is 0 Å². The van der Waals surface area contributed by atoms with Crippen molar-refractivity contribution in [3.63, 3.8) is 0 Å². The molecule has 8 heteroatoms. The zero-order valence-corrected chi connectivity index (χ0v) is 13.5. The van der Waals surface area contributed by atoms with Crippen molar-refractivity contribution in [2.24, 2.45) is 0 Å². The highest BCUT2D eigenvalue weighted by atomic mass is 19.1. The lowest BCUT2D eigenvalue weighted by molar-refractivity contribution is 0.0697. The number of nitrogens with zero attached hydrogens (tertiary/aromatic N) is 4. The molecule has 2 aromatic carbocycles. The van der Waals surface area contributed by atoms with Crippen LogP contribution in [0, 0.1) is 12.7 Å². The normalized spacial score (nSPS) is 12.2. The van der Waals surface area contributed by atoms with Gasteiger partial charge in [0.2, 0.25) is 0 Å². The topological polar surface area (TPSA) is 101 Å². The fourth-order valence-corrected chi connectivity index (χ4v) is 2.51. The Morgan fingerprint density at radius 2 is 2.00 bits per heavy atom. The van der Waals surface area contributed by atoms with Crippen molar-refractivity contribution >= 4 is 5.97 Å². The van der Waals surface area contributed by atoms with E-state index in [1.807, 2.05) is 0 Å². The molecule has 1 unspecified atom stereocenters. The summed E-state index contributed by atoms with van der Waals surface area (Å²) in [4.78, 5) is 11.5. The van der Waals surface area contributed by atoms with E-state index < -0.39 is 17.9 Å². The molecule has 2 N–H and O–H groups in total. The number of carbonyl (C=O) groups is 1. The number of hydrogen-bond acceptors (Lipinski definition) is 5. The molecule has 0 saturated heterocycles. The van der Waals surface area contributed by atoms with Crippen LogP contribution in [-0.4, -0.2) is 36.4 Å². The van der Waals surface area contributed by atoms with E-state index in [0.717, 1.165) is 5.56 Å². The number of aliphatic hydroxyl groups excluding tert-OH is 1. The number of benzene rings is 2. The summed E-state index contributed by atoms with van der Waals surface area (Å²) in [6.07, 6.45) is -0.956. The molecule has 25 heavy (non-hydrogen) atoms. The molecule has 0 fully saturated rings. The van der Waals surface area contributed by atoms with Crippen LogP contribution in [0.1, 0.15) is 34.8 Å². The van der Waals surface area contributed by atoms with E-state index in [4.69, 9.17) is 0 Å². The highest BCUT2D eigenvalue weighted by molar-refractivity contribution is 5.90. The predicted octanol–water partition coefficient (Wildman–Crippen LogP) is 2.53. The number of halogens is 1. The van der Waals surface area contributed by atoms with Crippen molar-refractivity contribution in [1.82, 2.24) is 20.2 Å². The molecule has 0 aliphatic carbocycles. The second-order valence-electron chi connectivity index (χ2n) is 5.68. The van der Waals surface area contributed by atoms with Gasteiger partial charge in [0.25, 0.3) is 0 Å². The molecule has 0 saturated carbocycles. The van der Waals surface area contributed by atoms with Gasteiger partial charge in [0.05, 0.1) is 11.3 Å². The summed E-state index contributed by atoms with van der Waals surface area (Å²) in [5, 5.41) is 30.1. The molecule has 128 valence electrons. The second kappa shape index (κ2) is 6.40. The van der Waals surface area contributed by atoms with E-state index in [1.165, 1.54) is 29.8 Å². The van der Waals surface area contributed by atoms with Gasteiger partial charge in [-0.3, -0.25) is 0 Å². The maximum Gasteiger partial charge on any atom is 0.335 e. The molecule has 3 aromatic rings. The largest absolute Gasteiger partial charge is 0.478 e. The van der Waals surface area contributed by atoms with Gasteiger partial charge in [0.15, 0.2) is 5.82 Å². The molecule has 0 aliphatic rings. The van der Waals surface area contributed by atoms with Gasteiger partial charge in [0.1, 0.15) is 11.9 Å². The van der Waals surface area contributed by atoms with Crippen molar-refractivity contribution in [3.05, 3.63) is 59.2 Å². The lowest BCUT2D eigenvalue weighted by Gasteiger charge is -2.11. The van der Waals surface area contributed by atoms with Gasteiger partial charge in [-0.05, 0) is 59.7 Å². The van der Waals surface area contributed by atoms with E-state index >= 15 is 0 Å². The van der Waals surface area contributed by atoms with Crippen LogP contribution < -0.4 is 0 Å². The van der Waals surface area contributed by atoms with Gasteiger partial charge < -0.3 is 10.2 Å². The lowest BCUT2D eigenvalue weighted by atomic mass is 10.00. The third kappa shape index (κ3) is 3.24. The van der Waals surface area contributed by atoms with E-state index in [-0.39, 0.29) is 17.0 Å². The summed E-state index contributed by atoms with van der Waals surface area (Å²) in [5.41, 5.74) is 1.67. The van der Waals surface area contributed by atoms with Gasteiger partial charge in [-0.2, -0.15) is 4.68 Å². The molecule has 7 nitrogen and oxygen atoms in total. The Morgan fingerprint density at radius 3 is 2.64 bits per heavy atom. The van der Waals surface area contributed by atoms with Crippen LogP contribution in [0.3, 0.4) is 0 Å². The standard InChI is InChI=1S/C17H15FN4O3/c1-9-3-4-14(15(18)5-9)11-6-12(17(24)25)8-13(7-11)22-16(10(2)23)19-20-21-22/h3-8,10,23H,1-2H3,(H,24,25). The molecule has 0 amide bonds. The van der Waals surface area contributed by atoms with Crippen LogP contribution in [0.2, 0.25) is 0 Å². The molecule has 3 rings (SSSR count). The van der Waals surface area contributed by atoms with Crippen LogP contribution >= 0.6 is 0 Å². The van der Waals surface area contributed by atoms with Crippen molar-refractivity contribution in [2.45, 2.75) is 20.0 Å². The van der Waals surface area contributed by atoms with Crippen molar-refractivity contribution < 1.29 is 19.4 Å². The first-order valence-corrected chi connectivity index (χ1v) is 7.48. The third-order valence-electron chi connectivity index (χ3n) is 3.71. The Balaban J connectivity index is 2.22. The van der Waals surface area contributed by atoms with Gasteiger partial charge in [0, 0.05) is 5.56 Å². The first-order valence-electron chi connectivity index (χ1n) is 7.48. The van der Waals surface area contributed by atoms with Crippen LogP contribution in [0.25, 0.3) is 16.8 Å². The highest BCUT2D eigenvalue weighted by Crippen LogP contribution is 2.28. The molecule has 0 aliphatic heterocycles. The number of aromatic nitrogens is 4. The van der Waals surface area contributed by atoms with Crippen molar-refractivity contribution in [3.8, 4) is 16.8 Å². The summed E-state index contributed by atoms with van der Waals surface area (Å²) in [7, 11) is 0. The first kappa shape index (κ1) is 16.7. The Kier molecular flexibility index (Phi) is 4.28. The summed E-state index contributed by atoms with van der Waals surface area (Å²) in [5.74, 6) is -1.47. The van der Waals surface area contributed by atoms with E-state index in [1.54, 1.807) is 25.1 Å². The first-order chi connectivity index (χ1) is 11.9. The Hall–Kier alpha value is -3.13. The average Bonchev–Trinajstić information content (AvgIpc) is 3.04. The Bertz CT molecular complexity index is 953. The number of hydrogen-bond donors (Lipinski definition) is 2. The summed E-state index contributed by atoms with van der Waals surface area (Å²) >= 11 is 0. The summed E-state index contributed by atoms with van der Waals surface area (Å²) < 4.78 is 15.5. The van der Waals surface area contributed by atoms with E-state index in [0.29, 0.717) is 11.3 Å². The molecule has 1 aromatic heterocycles. The maximum absolute atomic E-state index is 14.3. The number of tetrazole rings is 1. The number of aliphatic hydroxyl groups is 1. The molecule has 0 radical (unpaired) electrons. The average molecular weight is 342 g/mol. The highest BCUT2D eigenvalue weighted by Gasteiger charge is 2.17. The van der Waals surface area contributed by atoms with Crippen LogP contribution in [0.4, 0.5) is 4.39 Å². The SMILES string of the molecule is Cc1ccc(-c2cc(C(=O)O)cc(-n3nnnc3C(C)O)c2)c(F)c1. The van der Waals surface area contributed by atoms with Gasteiger partial charge >= 0.3 is 5.97 Å². The minimum Gasteiger partial charge on any atom is -0.478 e. The van der Waals surface area contributed by atoms with Gasteiger partial charge in [-0.25, -0.2) is 9.18 Å². The lowest BCUT2D eigenvalue weighted by Crippen LogP contribution is -2.08. The maximum atomic E-state index is 14.3. The predicted molar refractivity (Wildman–Crippen MR) is 86.9 cm³/mol. The quantitative estimate of drug-likeness (QED) is 0.755. The number of aryl methyl sites for hydroxylation is 1. The third-order valence-corrected chi connectivity index (χ3v) is 3.71. The summed E-state index contributed by atoms with van der Waals surface area (Å²) in [6.45, 7) is 3.26. The van der Waals surface area contributed by atoms with E-state index in [9.17, 15) is 19.4 Å². The number of rotatable bonds is 4. The minimum absolute atomic E-state index is 0.0421. The fourth-order valence-electron chi connectivity index (χ4n) is 2.51. The van der Waals surface area contributed by atoms with Crippen molar-refractivity contribution in [1.29, 1.82) is 0 Å². The zero-order valence-electron chi connectivity index (χ0n) is 13.5. The number of carboxylic acid groups (broad SMARTS) is 1. The van der Waals surface area contributed by atoms with Gasteiger partial charge in [-0.15, -0.1) is 5.10 Å². The van der Waals surface area contributed by atoms with Crippen LogP contribution in [0.5, 0.6) is 0 Å². The van der Waals surface area contributed by atoms with Crippen molar-refractivity contribution in [2.75, 3.05) is 0 Å². The molecule has 1 heterocycles. The molecular formula is C17H15FN4O3. The number of carboxylic acids is 1. The second-order valence-corrected chi connectivity index (χ2v) is 5.68. The zero-order chi connectivity index (χ0) is 18.1. The number of aromatic carboxylic acids is 1. The smallest absolute Gasteiger partial charge is 0.335 e. The minimum atomic E-state index is -1.16. The Labute approximate surface area is 142 Å². The summed E-state index contributed by atoms with van der Waals surface area (Å²) in [6, 6.07) is 9.02. The monoisotopic (exact) mass is 342 g/mol. The molecule has 0 spiro atoms. The fraction of sp³-hybridized carbons (Fsp3) is 0.176. The van der Waals surface area contributed by atoms with Crippen LogP contribution in [0.15, 0.2) is 36.4 Å². The van der Waals surface area contributed by atoms with E-state index in [2.05, 4.69) is 15.5 Å². The molecule has 1 atom stereocenters. The Morgan fingerprint density at radius 1 is 1.24 bits per heavy atom. The van der Waals surface area contributed by atoms with Gasteiger partial charge in [-0.1, -0.05) is 12.1 Å². The molecule has 0 bridgehead atoms.